The minimum Gasteiger partial charge on any atom is -0.466 e. The Hall–Kier alpha value is -0.870. The molecule has 0 saturated heterocycles. The zero-order chi connectivity index (χ0) is 10.1. The molecule has 0 radical (unpaired) electrons. The topological polar surface area (TPSA) is 66.8 Å². The standard InChI is InChI=1S/C9H16O4/c1-2-13-9(12)6-4-3-5-8(11)7-10/h3,5,8,10-11H,2,4,6-7H2,1H3/b5-3+. The number of ether oxygens (including phenoxy) is 1. The van der Waals surface area contributed by atoms with Crippen LogP contribution in [0.15, 0.2) is 12.2 Å². The molecule has 0 fully saturated rings. The van der Waals surface area contributed by atoms with E-state index < -0.39 is 6.10 Å². The summed E-state index contributed by atoms with van der Waals surface area (Å²) < 4.78 is 4.69. The summed E-state index contributed by atoms with van der Waals surface area (Å²) in [5.41, 5.74) is 0. The number of carbonyl (C=O) groups excluding carboxylic acids is 1. The molecule has 0 aromatic rings. The highest BCUT2D eigenvalue weighted by Crippen LogP contribution is 1.95. The molecule has 76 valence electrons. The second kappa shape index (κ2) is 7.76. The monoisotopic (exact) mass is 188 g/mol. The number of hydrogen-bond donors (Lipinski definition) is 2. The van der Waals surface area contributed by atoms with Crippen molar-refractivity contribution in [1.29, 1.82) is 0 Å². The Morgan fingerprint density at radius 3 is 2.85 bits per heavy atom. The molecule has 1 unspecified atom stereocenters. The van der Waals surface area contributed by atoms with Gasteiger partial charge in [0.25, 0.3) is 0 Å². The predicted octanol–water partition coefficient (Wildman–Crippen LogP) is 0.239. The first kappa shape index (κ1) is 12.1. The van der Waals surface area contributed by atoms with Crippen LogP contribution in [0, 0.1) is 0 Å². The maximum Gasteiger partial charge on any atom is 0.306 e. The zero-order valence-electron chi connectivity index (χ0n) is 7.77. The van der Waals surface area contributed by atoms with Crippen molar-refractivity contribution in [2.75, 3.05) is 13.2 Å². The summed E-state index contributed by atoms with van der Waals surface area (Å²) in [4.78, 5) is 10.8. The Morgan fingerprint density at radius 2 is 2.31 bits per heavy atom. The smallest absolute Gasteiger partial charge is 0.306 e. The summed E-state index contributed by atoms with van der Waals surface area (Å²) >= 11 is 0. The molecule has 4 heteroatoms. The molecule has 0 rings (SSSR count). The molecule has 0 aromatic carbocycles. The summed E-state index contributed by atoms with van der Waals surface area (Å²) in [5.74, 6) is -0.245. The number of carbonyl (C=O) groups is 1. The quantitative estimate of drug-likeness (QED) is 0.463. The molecule has 0 aromatic heterocycles. The normalized spacial score (nSPS) is 13.2. The maximum atomic E-state index is 10.8. The lowest BCUT2D eigenvalue weighted by Gasteiger charge is -1.99. The van der Waals surface area contributed by atoms with Crippen LogP contribution in [-0.4, -0.2) is 35.5 Å². The molecule has 0 amide bonds. The molecule has 0 saturated carbocycles. The van der Waals surface area contributed by atoms with Gasteiger partial charge in [-0.25, -0.2) is 0 Å². The number of esters is 1. The lowest BCUT2D eigenvalue weighted by Crippen LogP contribution is -2.07. The first-order chi connectivity index (χ1) is 6.20. The molecule has 0 aliphatic rings. The third kappa shape index (κ3) is 7.49. The van der Waals surface area contributed by atoms with Gasteiger partial charge in [0.1, 0.15) is 0 Å². The maximum absolute atomic E-state index is 10.8. The van der Waals surface area contributed by atoms with Gasteiger partial charge in [0, 0.05) is 6.42 Å². The lowest BCUT2D eigenvalue weighted by atomic mass is 10.2. The fraction of sp³-hybridized carbons (Fsp3) is 0.667. The van der Waals surface area contributed by atoms with Crippen molar-refractivity contribution >= 4 is 5.97 Å². The Morgan fingerprint density at radius 1 is 1.62 bits per heavy atom. The average molecular weight is 188 g/mol. The van der Waals surface area contributed by atoms with Crippen LogP contribution in [0.5, 0.6) is 0 Å². The Balaban J connectivity index is 3.43. The van der Waals surface area contributed by atoms with Crippen molar-refractivity contribution in [3.05, 3.63) is 12.2 Å². The van der Waals surface area contributed by atoms with Crippen LogP contribution in [0.25, 0.3) is 0 Å². The van der Waals surface area contributed by atoms with Crippen LogP contribution in [0.1, 0.15) is 19.8 Å². The SMILES string of the molecule is CCOC(=O)CC/C=C/C(O)CO. The van der Waals surface area contributed by atoms with Gasteiger partial charge in [0.05, 0.1) is 19.3 Å². The minimum absolute atomic E-state index is 0.245. The zero-order valence-corrected chi connectivity index (χ0v) is 7.77. The van der Waals surface area contributed by atoms with E-state index in [0.717, 1.165) is 0 Å². The van der Waals surface area contributed by atoms with Gasteiger partial charge in [-0.2, -0.15) is 0 Å². The molecule has 4 nitrogen and oxygen atoms in total. The van der Waals surface area contributed by atoms with Crippen molar-refractivity contribution in [3.63, 3.8) is 0 Å². The van der Waals surface area contributed by atoms with Crippen molar-refractivity contribution in [2.24, 2.45) is 0 Å². The highest BCUT2D eigenvalue weighted by molar-refractivity contribution is 5.69. The largest absolute Gasteiger partial charge is 0.466 e. The van der Waals surface area contributed by atoms with Crippen molar-refractivity contribution < 1.29 is 19.7 Å². The molecular formula is C9H16O4. The number of aliphatic hydroxyl groups is 2. The summed E-state index contributed by atoms with van der Waals surface area (Å²) in [5, 5.41) is 17.3. The number of aliphatic hydroxyl groups excluding tert-OH is 2. The molecular weight excluding hydrogens is 172 g/mol. The van der Waals surface area contributed by atoms with E-state index in [4.69, 9.17) is 14.9 Å². The summed E-state index contributed by atoms with van der Waals surface area (Å²) in [6.07, 6.45) is 3.11. The van der Waals surface area contributed by atoms with Gasteiger partial charge in [0.15, 0.2) is 0 Å². The van der Waals surface area contributed by atoms with Crippen LogP contribution < -0.4 is 0 Å². The van der Waals surface area contributed by atoms with Gasteiger partial charge in [0.2, 0.25) is 0 Å². The fourth-order valence-corrected chi connectivity index (χ4v) is 0.749. The van der Waals surface area contributed by atoms with E-state index in [9.17, 15) is 4.79 Å². The lowest BCUT2D eigenvalue weighted by molar-refractivity contribution is -0.143. The first-order valence-electron chi connectivity index (χ1n) is 4.32. The van der Waals surface area contributed by atoms with Crippen LogP contribution >= 0.6 is 0 Å². The summed E-state index contributed by atoms with van der Waals surface area (Å²) in [7, 11) is 0. The Bertz CT molecular complexity index is 165. The fourth-order valence-electron chi connectivity index (χ4n) is 0.749. The minimum atomic E-state index is -0.831. The van der Waals surface area contributed by atoms with E-state index in [-0.39, 0.29) is 12.6 Å². The molecule has 1 atom stereocenters. The molecule has 0 aliphatic carbocycles. The van der Waals surface area contributed by atoms with E-state index >= 15 is 0 Å². The predicted molar refractivity (Wildman–Crippen MR) is 48.1 cm³/mol. The second-order valence-corrected chi connectivity index (χ2v) is 2.52. The Kier molecular flexibility index (Phi) is 7.24. The highest BCUT2D eigenvalue weighted by atomic mass is 16.5. The van der Waals surface area contributed by atoms with Crippen LogP contribution in [0.4, 0.5) is 0 Å². The highest BCUT2D eigenvalue weighted by Gasteiger charge is 1.98. The number of rotatable bonds is 6. The van der Waals surface area contributed by atoms with E-state index in [1.54, 1.807) is 13.0 Å². The third-order valence-corrected chi connectivity index (χ3v) is 1.37. The summed E-state index contributed by atoms with van der Waals surface area (Å²) in [6.45, 7) is 1.85. The molecule has 2 N–H and O–H groups in total. The van der Waals surface area contributed by atoms with E-state index in [1.165, 1.54) is 6.08 Å². The average Bonchev–Trinajstić information content (AvgIpc) is 2.12. The number of allylic oxidation sites excluding steroid dienone is 1. The van der Waals surface area contributed by atoms with Gasteiger partial charge in [-0.05, 0) is 13.3 Å². The molecule has 0 bridgehead atoms. The van der Waals surface area contributed by atoms with Gasteiger partial charge >= 0.3 is 5.97 Å². The van der Waals surface area contributed by atoms with E-state index in [1.807, 2.05) is 0 Å². The molecule has 13 heavy (non-hydrogen) atoms. The van der Waals surface area contributed by atoms with Crippen LogP contribution in [0.3, 0.4) is 0 Å². The third-order valence-electron chi connectivity index (χ3n) is 1.37. The van der Waals surface area contributed by atoms with E-state index in [2.05, 4.69) is 0 Å². The van der Waals surface area contributed by atoms with Gasteiger partial charge in [-0.3, -0.25) is 4.79 Å². The van der Waals surface area contributed by atoms with Crippen LogP contribution in [0.2, 0.25) is 0 Å². The van der Waals surface area contributed by atoms with Gasteiger partial charge < -0.3 is 14.9 Å². The van der Waals surface area contributed by atoms with Crippen molar-refractivity contribution in [2.45, 2.75) is 25.9 Å². The first-order valence-corrected chi connectivity index (χ1v) is 4.32. The summed E-state index contributed by atoms with van der Waals surface area (Å²) in [6, 6.07) is 0. The van der Waals surface area contributed by atoms with Gasteiger partial charge in [-0.1, -0.05) is 12.2 Å². The van der Waals surface area contributed by atoms with Crippen LogP contribution in [-0.2, 0) is 9.53 Å². The van der Waals surface area contributed by atoms with E-state index in [0.29, 0.717) is 19.4 Å². The number of hydrogen-bond acceptors (Lipinski definition) is 4. The Labute approximate surface area is 77.8 Å². The van der Waals surface area contributed by atoms with Crippen molar-refractivity contribution in [3.8, 4) is 0 Å². The van der Waals surface area contributed by atoms with Gasteiger partial charge in [-0.15, -0.1) is 0 Å². The molecule has 0 aliphatic heterocycles. The second-order valence-electron chi connectivity index (χ2n) is 2.52. The van der Waals surface area contributed by atoms with Crippen molar-refractivity contribution in [1.82, 2.24) is 0 Å². The molecule has 0 heterocycles. The molecule has 0 spiro atoms.